The molecule has 214 valence electrons. The molecule has 1 saturated heterocycles. The third kappa shape index (κ3) is 7.29. The van der Waals surface area contributed by atoms with Crippen molar-refractivity contribution in [1.29, 1.82) is 0 Å². The number of nitrogens with zero attached hydrogens (tertiary/aromatic N) is 3. The van der Waals surface area contributed by atoms with Gasteiger partial charge in [-0.2, -0.15) is 34.8 Å². The van der Waals surface area contributed by atoms with E-state index in [1.807, 2.05) is 0 Å². The fourth-order valence-electron chi connectivity index (χ4n) is 3.44. The second-order valence-corrected chi connectivity index (χ2v) is 9.64. The Balaban J connectivity index is 2.13. The zero-order chi connectivity index (χ0) is 31.8. The summed E-state index contributed by atoms with van der Waals surface area (Å²) in [7, 11) is -3.94. The minimum absolute atomic E-state index is 0.115. The molecule has 0 N–H and O–H groups in total. The molecule has 0 aliphatic carbocycles. The van der Waals surface area contributed by atoms with Crippen molar-refractivity contribution < 1.29 is 61.8 Å². The van der Waals surface area contributed by atoms with Gasteiger partial charge in [-0.15, -0.1) is 0 Å². The first kappa shape index (κ1) is 25.7. The lowest BCUT2D eigenvalue weighted by molar-refractivity contribution is -0.143. The molecule has 3 amide bonds. The normalized spacial score (nSPS) is 16.1. The van der Waals surface area contributed by atoms with Gasteiger partial charge in [0, 0.05) is 36.4 Å². The number of hydrogen-bond donors (Lipinski definition) is 0. The highest BCUT2D eigenvalue weighted by atomic mass is 32.2. The Morgan fingerprint density at radius 1 is 1.08 bits per heavy atom. The van der Waals surface area contributed by atoms with Gasteiger partial charge in [0.1, 0.15) is 11.4 Å². The number of carbonyl (C=O) groups excluding carboxylic acids is 2. The van der Waals surface area contributed by atoms with Crippen molar-refractivity contribution in [2.45, 2.75) is 12.4 Å². The van der Waals surface area contributed by atoms with Crippen LogP contribution in [0.2, 0.25) is 0 Å². The molecule has 39 heavy (non-hydrogen) atoms. The molecule has 1 fully saturated rings. The van der Waals surface area contributed by atoms with Crippen LogP contribution in [0.25, 0.3) is 0 Å². The zero-order valence-corrected chi connectivity index (χ0v) is 20.5. The summed E-state index contributed by atoms with van der Waals surface area (Å²) in [5.74, 6) is -2.47. The molecule has 0 atom stereocenters. The van der Waals surface area contributed by atoms with Crippen molar-refractivity contribution in [1.82, 2.24) is 4.90 Å². The fraction of sp³-hybridized carbons (Fsp3) is 0.364. The highest BCUT2D eigenvalue weighted by Crippen LogP contribution is 2.47. The molecule has 0 bridgehead atoms. The number of urea groups is 1. The summed E-state index contributed by atoms with van der Waals surface area (Å²) >= 11 is 0. The van der Waals surface area contributed by atoms with Crippen LogP contribution >= 0.6 is 0 Å². The second-order valence-electron chi connectivity index (χ2n) is 7.99. The van der Waals surface area contributed by atoms with E-state index in [4.69, 9.17) is 8.85 Å². The van der Waals surface area contributed by atoms with Crippen molar-refractivity contribution in [3.05, 3.63) is 53.3 Å². The highest BCUT2D eigenvalue weighted by Gasteiger charge is 2.44. The molecule has 0 aromatic heterocycles. The minimum atomic E-state index is -5.61. The van der Waals surface area contributed by atoms with Crippen LogP contribution in [-0.4, -0.2) is 64.9 Å². The lowest BCUT2D eigenvalue weighted by Crippen LogP contribution is -2.35. The second kappa shape index (κ2) is 10.9. The number of alkyl halides is 6. The summed E-state index contributed by atoms with van der Waals surface area (Å²) in [6.45, 7) is -5.29. The number of benzene rings is 2. The number of hydrogen-bond acceptors (Lipinski definition) is 6. The van der Waals surface area contributed by atoms with E-state index in [0.717, 1.165) is 29.2 Å². The van der Waals surface area contributed by atoms with E-state index in [2.05, 4.69) is 4.18 Å². The van der Waals surface area contributed by atoms with Crippen LogP contribution in [0, 0.1) is 5.82 Å². The fourth-order valence-corrected chi connectivity index (χ4v) is 3.81. The van der Waals surface area contributed by atoms with Gasteiger partial charge >= 0.3 is 24.5 Å². The third-order valence-electron chi connectivity index (χ3n) is 5.20. The smallest absolute Gasteiger partial charge is 0.407 e. The molecule has 2 aromatic carbocycles. The van der Waals surface area contributed by atoms with Crippen LogP contribution in [0.15, 0.2) is 36.4 Å². The number of anilines is 2. The van der Waals surface area contributed by atoms with Crippen molar-refractivity contribution in [3.63, 3.8) is 0 Å². The molecular formula is C22H20F7N3O6S. The van der Waals surface area contributed by atoms with E-state index in [1.165, 1.54) is 0 Å². The molecule has 0 radical (unpaired) electrons. The Morgan fingerprint density at radius 2 is 1.72 bits per heavy atom. The van der Waals surface area contributed by atoms with Gasteiger partial charge in [-0.1, -0.05) is 0 Å². The molecule has 0 spiro atoms. The lowest BCUT2D eigenvalue weighted by atomic mass is 10.1. The van der Waals surface area contributed by atoms with E-state index in [9.17, 15) is 48.7 Å². The molecule has 1 aliphatic rings. The first-order valence-electron chi connectivity index (χ1n) is 12.1. The van der Waals surface area contributed by atoms with Crippen LogP contribution in [0.3, 0.4) is 0 Å². The molecule has 17 heteroatoms. The summed E-state index contributed by atoms with van der Waals surface area (Å²) < 4.78 is 151. The van der Waals surface area contributed by atoms with Crippen molar-refractivity contribution in [3.8, 4) is 5.75 Å². The maximum atomic E-state index is 14.1. The minimum Gasteiger partial charge on any atom is -0.407 e. The van der Waals surface area contributed by atoms with Crippen LogP contribution in [0.1, 0.15) is 15.2 Å². The van der Waals surface area contributed by atoms with Gasteiger partial charge in [0.15, 0.2) is 5.75 Å². The molecular weight excluding hydrogens is 567 g/mol. The quantitative estimate of drug-likeness (QED) is 0.342. The predicted molar refractivity (Wildman–Crippen MR) is 122 cm³/mol. The predicted octanol–water partition coefficient (Wildman–Crippen LogP) is 4.72. The van der Waals surface area contributed by atoms with Crippen LogP contribution in [0.4, 0.5) is 51.7 Å². The third-order valence-corrected chi connectivity index (χ3v) is 5.80. The van der Waals surface area contributed by atoms with Crippen LogP contribution < -0.4 is 14.5 Å². The van der Waals surface area contributed by atoms with Gasteiger partial charge < -0.3 is 9.64 Å². The Hall–Kier alpha value is -3.60. The van der Waals surface area contributed by atoms with Crippen molar-refractivity contribution in [2.75, 3.05) is 49.3 Å². The molecule has 3 rings (SSSR count). The first-order chi connectivity index (χ1) is 19.1. The zero-order valence-electron chi connectivity index (χ0n) is 22.6. The maximum Gasteiger partial charge on any atom is 0.420 e. The number of ether oxygens (including phenoxy) is 1. The number of carbonyl (C=O) groups is 2. The summed E-state index contributed by atoms with van der Waals surface area (Å²) in [6, 6.07) is 1.60. The number of rotatable bonds is 7. The standard InChI is InChI=1S/C22H20F7N3O6S/c1-30(15-5-3-14(23)4-6-15)20(34)38-18-16(22(27,28)29)11-13(21(24,25)26)12-17(18)32-8-7-31(19(32)33)9-10-37-39(2,35)36/h3-6,11-12H,7-10H2,1-2H3/i1D3. The monoisotopic (exact) mass is 590 g/mol. The van der Waals surface area contributed by atoms with Crippen LogP contribution in [-0.2, 0) is 26.7 Å². The van der Waals surface area contributed by atoms with E-state index in [0.29, 0.717) is 11.2 Å². The SMILES string of the molecule is [2H]C([2H])([2H])N(C(=O)Oc1c(N2CCN(CCOS(C)(=O)=O)C2=O)cc(C(F)(F)F)cc1C(F)(F)F)c1ccc(F)cc1. The Morgan fingerprint density at radius 3 is 2.26 bits per heavy atom. The topological polar surface area (TPSA) is 96.5 Å². The number of halogens is 7. The lowest BCUT2D eigenvalue weighted by Gasteiger charge is -2.26. The van der Waals surface area contributed by atoms with Gasteiger partial charge in [0.05, 0.1) is 24.1 Å². The van der Waals surface area contributed by atoms with Gasteiger partial charge in [-0.05, 0) is 36.4 Å². The summed E-state index contributed by atoms with van der Waals surface area (Å²) in [6.07, 6.45) is -12.3. The molecule has 2 aromatic rings. The molecule has 1 aliphatic heterocycles. The van der Waals surface area contributed by atoms with Gasteiger partial charge in [-0.3, -0.25) is 14.0 Å². The van der Waals surface area contributed by atoms with E-state index < -0.39 is 95.3 Å². The first-order valence-corrected chi connectivity index (χ1v) is 12.4. The van der Waals surface area contributed by atoms with Gasteiger partial charge in [-0.25, -0.2) is 14.0 Å². The Labute approximate surface area is 221 Å². The summed E-state index contributed by atoms with van der Waals surface area (Å²) in [5, 5.41) is 0. The molecule has 0 saturated carbocycles. The average Bonchev–Trinajstić information content (AvgIpc) is 3.17. The highest BCUT2D eigenvalue weighted by molar-refractivity contribution is 7.85. The van der Waals surface area contributed by atoms with Crippen LogP contribution in [0.5, 0.6) is 5.75 Å². The molecule has 9 nitrogen and oxygen atoms in total. The van der Waals surface area contributed by atoms with E-state index in [1.54, 1.807) is 0 Å². The summed E-state index contributed by atoms with van der Waals surface area (Å²) in [4.78, 5) is 27.2. The van der Waals surface area contributed by atoms with Crippen molar-refractivity contribution in [2.24, 2.45) is 0 Å². The van der Waals surface area contributed by atoms with Gasteiger partial charge in [0.25, 0.3) is 10.1 Å². The largest absolute Gasteiger partial charge is 0.420 e. The average molecular weight is 590 g/mol. The van der Waals surface area contributed by atoms with Crippen molar-refractivity contribution >= 4 is 33.6 Å². The summed E-state index contributed by atoms with van der Waals surface area (Å²) in [5.41, 5.74) is -5.76. The number of amides is 3. The maximum absolute atomic E-state index is 14.1. The molecule has 1 heterocycles. The Kier molecular flexibility index (Phi) is 7.16. The molecule has 0 unspecified atom stereocenters. The van der Waals surface area contributed by atoms with E-state index in [-0.39, 0.29) is 23.6 Å². The van der Waals surface area contributed by atoms with E-state index >= 15 is 0 Å². The Bertz CT molecular complexity index is 1450. The van der Waals surface area contributed by atoms with Gasteiger partial charge in [0.2, 0.25) is 0 Å².